The summed E-state index contributed by atoms with van der Waals surface area (Å²) < 4.78 is 0.979. The Morgan fingerprint density at radius 1 is 1.42 bits per heavy atom. The fourth-order valence-electron chi connectivity index (χ4n) is 1.75. The molecule has 0 bridgehead atoms. The van der Waals surface area contributed by atoms with Crippen LogP contribution >= 0.6 is 15.9 Å². The minimum absolute atomic E-state index is 0.250. The van der Waals surface area contributed by atoms with Crippen LogP contribution in [0.5, 0.6) is 0 Å². The average Bonchev–Trinajstić information content (AvgIpc) is 2.37. The van der Waals surface area contributed by atoms with E-state index in [9.17, 15) is 4.79 Å². The van der Waals surface area contributed by atoms with Gasteiger partial charge in [0.1, 0.15) is 0 Å². The van der Waals surface area contributed by atoms with E-state index in [1.165, 1.54) is 0 Å². The van der Waals surface area contributed by atoms with Crippen molar-refractivity contribution in [2.45, 2.75) is 45.7 Å². The van der Waals surface area contributed by atoms with Gasteiger partial charge in [0.15, 0.2) is 0 Å². The zero-order valence-electron chi connectivity index (χ0n) is 11.4. The third-order valence-corrected chi connectivity index (χ3v) is 3.59. The van der Waals surface area contributed by atoms with Crippen molar-refractivity contribution in [2.24, 2.45) is 5.92 Å². The molecule has 4 nitrogen and oxygen atoms in total. The minimum atomic E-state index is -0.709. The van der Waals surface area contributed by atoms with Gasteiger partial charge in [-0.25, -0.2) is 0 Å². The summed E-state index contributed by atoms with van der Waals surface area (Å²) in [4.78, 5) is 15.0. The van der Waals surface area contributed by atoms with Crippen molar-refractivity contribution in [3.8, 4) is 0 Å². The molecule has 0 spiro atoms. The number of rotatable bonds is 8. The molecular formula is C14H21BrN2O2. The van der Waals surface area contributed by atoms with Gasteiger partial charge in [-0.3, -0.25) is 9.78 Å². The third-order valence-electron chi connectivity index (χ3n) is 3.12. The average molecular weight is 329 g/mol. The van der Waals surface area contributed by atoms with E-state index in [1.807, 2.05) is 12.1 Å². The van der Waals surface area contributed by atoms with Crippen molar-refractivity contribution < 1.29 is 9.90 Å². The largest absolute Gasteiger partial charge is 0.481 e. The molecule has 2 unspecified atom stereocenters. The Morgan fingerprint density at radius 2 is 2.16 bits per heavy atom. The van der Waals surface area contributed by atoms with Crippen LogP contribution in [-0.4, -0.2) is 22.1 Å². The first kappa shape index (κ1) is 16.1. The molecule has 106 valence electrons. The SMILES string of the molecule is CC(CCCC(C)C(=O)O)NCc1ccc(Br)cn1. The van der Waals surface area contributed by atoms with Crippen LogP contribution in [0.4, 0.5) is 0 Å². The molecular weight excluding hydrogens is 308 g/mol. The number of hydrogen-bond acceptors (Lipinski definition) is 3. The fraction of sp³-hybridized carbons (Fsp3) is 0.571. The molecule has 0 radical (unpaired) electrons. The first-order valence-electron chi connectivity index (χ1n) is 6.55. The number of pyridine rings is 1. The van der Waals surface area contributed by atoms with Gasteiger partial charge in [-0.2, -0.15) is 0 Å². The molecule has 2 atom stereocenters. The summed E-state index contributed by atoms with van der Waals surface area (Å²) >= 11 is 3.35. The maximum atomic E-state index is 10.7. The topological polar surface area (TPSA) is 62.2 Å². The van der Waals surface area contributed by atoms with Gasteiger partial charge >= 0.3 is 5.97 Å². The summed E-state index contributed by atoms with van der Waals surface area (Å²) in [6.45, 7) is 4.61. The Bertz CT molecular complexity index is 395. The second-order valence-electron chi connectivity index (χ2n) is 4.92. The van der Waals surface area contributed by atoms with E-state index in [1.54, 1.807) is 13.1 Å². The molecule has 0 aliphatic heterocycles. The lowest BCUT2D eigenvalue weighted by Crippen LogP contribution is -2.26. The van der Waals surface area contributed by atoms with E-state index >= 15 is 0 Å². The number of carbonyl (C=O) groups is 1. The van der Waals surface area contributed by atoms with Crippen LogP contribution in [0, 0.1) is 5.92 Å². The number of aromatic nitrogens is 1. The van der Waals surface area contributed by atoms with Crippen molar-refractivity contribution in [1.29, 1.82) is 0 Å². The Morgan fingerprint density at radius 3 is 2.74 bits per heavy atom. The molecule has 0 saturated carbocycles. The van der Waals surface area contributed by atoms with Crippen LogP contribution in [0.3, 0.4) is 0 Å². The van der Waals surface area contributed by atoms with E-state index in [0.717, 1.165) is 36.0 Å². The molecule has 19 heavy (non-hydrogen) atoms. The quantitative estimate of drug-likeness (QED) is 0.769. The number of hydrogen-bond donors (Lipinski definition) is 2. The number of nitrogens with zero attached hydrogens (tertiary/aromatic N) is 1. The summed E-state index contributed by atoms with van der Waals surface area (Å²) in [6.07, 6.45) is 4.43. The zero-order chi connectivity index (χ0) is 14.3. The molecule has 1 rings (SSSR count). The predicted molar refractivity (Wildman–Crippen MR) is 78.9 cm³/mol. The van der Waals surface area contributed by atoms with Gasteiger partial charge in [-0.05, 0) is 47.8 Å². The Hall–Kier alpha value is -0.940. The highest BCUT2D eigenvalue weighted by Gasteiger charge is 2.11. The Kier molecular flexibility index (Phi) is 7.02. The lowest BCUT2D eigenvalue weighted by molar-refractivity contribution is -0.141. The molecule has 0 aliphatic rings. The highest BCUT2D eigenvalue weighted by molar-refractivity contribution is 9.10. The molecule has 5 heteroatoms. The molecule has 1 aromatic heterocycles. The molecule has 0 aromatic carbocycles. The van der Waals surface area contributed by atoms with Crippen molar-refractivity contribution in [3.63, 3.8) is 0 Å². The van der Waals surface area contributed by atoms with Gasteiger partial charge in [0.05, 0.1) is 11.6 Å². The fourth-order valence-corrected chi connectivity index (χ4v) is 1.98. The number of carboxylic acids is 1. The molecule has 2 N–H and O–H groups in total. The van der Waals surface area contributed by atoms with Crippen molar-refractivity contribution in [1.82, 2.24) is 10.3 Å². The van der Waals surface area contributed by atoms with Crippen molar-refractivity contribution in [3.05, 3.63) is 28.5 Å². The molecule has 0 fully saturated rings. The predicted octanol–water partition coefficient (Wildman–Crippen LogP) is 3.21. The summed E-state index contributed by atoms with van der Waals surface area (Å²) in [5, 5.41) is 12.2. The van der Waals surface area contributed by atoms with E-state index in [-0.39, 0.29) is 5.92 Å². The van der Waals surface area contributed by atoms with Gasteiger partial charge in [0.2, 0.25) is 0 Å². The number of carboxylic acid groups (broad SMARTS) is 1. The van der Waals surface area contributed by atoms with Crippen LogP contribution in [0.2, 0.25) is 0 Å². The molecule has 1 heterocycles. The third kappa shape index (κ3) is 6.68. The first-order chi connectivity index (χ1) is 8.99. The maximum Gasteiger partial charge on any atom is 0.306 e. The normalized spacial score (nSPS) is 14.1. The van der Waals surface area contributed by atoms with Crippen LogP contribution in [0.15, 0.2) is 22.8 Å². The van der Waals surface area contributed by atoms with Gasteiger partial charge in [-0.1, -0.05) is 13.3 Å². The number of halogens is 1. The second kappa shape index (κ2) is 8.27. The van der Waals surface area contributed by atoms with Crippen LogP contribution in [0.25, 0.3) is 0 Å². The lowest BCUT2D eigenvalue weighted by Gasteiger charge is -2.14. The van der Waals surface area contributed by atoms with E-state index in [0.29, 0.717) is 6.04 Å². The monoisotopic (exact) mass is 328 g/mol. The summed E-state index contributed by atoms with van der Waals surface area (Å²) in [5.74, 6) is -0.958. The molecule has 0 aliphatic carbocycles. The van der Waals surface area contributed by atoms with Crippen LogP contribution < -0.4 is 5.32 Å². The van der Waals surface area contributed by atoms with Gasteiger partial charge in [-0.15, -0.1) is 0 Å². The van der Waals surface area contributed by atoms with Gasteiger partial charge < -0.3 is 10.4 Å². The maximum absolute atomic E-state index is 10.7. The molecule has 0 amide bonds. The Balaban J connectivity index is 2.19. The minimum Gasteiger partial charge on any atom is -0.481 e. The summed E-state index contributed by atoms with van der Waals surface area (Å²) in [6, 6.07) is 4.32. The zero-order valence-corrected chi connectivity index (χ0v) is 13.0. The standard InChI is InChI=1S/C14H21BrN2O2/c1-10(14(18)19)4-3-5-11(2)16-9-13-7-6-12(15)8-17-13/h6-8,10-11,16H,3-5,9H2,1-2H3,(H,18,19). The first-order valence-corrected chi connectivity index (χ1v) is 7.35. The second-order valence-corrected chi connectivity index (χ2v) is 5.84. The van der Waals surface area contributed by atoms with Crippen molar-refractivity contribution in [2.75, 3.05) is 0 Å². The lowest BCUT2D eigenvalue weighted by atomic mass is 10.0. The smallest absolute Gasteiger partial charge is 0.306 e. The molecule has 1 aromatic rings. The van der Waals surface area contributed by atoms with E-state index < -0.39 is 5.97 Å². The summed E-state index contributed by atoms with van der Waals surface area (Å²) in [7, 11) is 0. The van der Waals surface area contributed by atoms with Gasteiger partial charge in [0, 0.05) is 23.3 Å². The van der Waals surface area contributed by atoms with Gasteiger partial charge in [0.25, 0.3) is 0 Å². The van der Waals surface area contributed by atoms with Crippen LogP contribution in [0.1, 0.15) is 38.8 Å². The number of nitrogens with one attached hydrogen (secondary N) is 1. The van der Waals surface area contributed by atoms with E-state index in [4.69, 9.17) is 5.11 Å². The Labute approximate surface area is 122 Å². The number of aliphatic carboxylic acids is 1. The van der Waals surface area contributed by atoms with E-state index in [2.05, 4.69) is 33.2 Å². The van der Waals surface area contributed by atoms with Crippen LogP contribution in [-0.2, 0) is 11.3 Å². The summed E-state index contributed by atoms with van der Waals surface area (Å²) in [5.41, 5.74) is 1.01. The highest BCUT2D eigenvalue weighted by Crippen LogP contribution is 2.10. The molecule has 0 saturated heterocycles. The van der Waals surface area contributed by atoms with Crippen molar-refractivity contribution >= 4 is 21.9 Å². The highest BCUT2D eigenvalue weighted by atomic mass is 79.9.